The van der Waals surface area contributed by atoms with Gasteiger partial charge in [-0.15, -0.1) is 0 Å². The van der Waals surface area contributed by atoms with Crippen LogP contribution in [0.2, 0.25) is 0 Å². The van der Waals surface area contributed by atoms with Crippen molar-refractivity contribution in [1.29, 1.82) is 0 Å². The van der Waals surface area contributed by atoms with Crippen LogP contribution in [-0.4, -0.2) is 45.5 Å². The lowest BCUT2D eigenvalue weighted by Crippen LogP contribution is -2.39. The molecule has 0 radical (unpaired) electrons. The molecule has 2 rings (SSSR count). The van der Waals surface area contributed by atoms with Crippen LogP contribution in [0, 0.1) is 12.7 Å². The maximum atomic E-state index is 14.4. The first-order valence-electron chi connectivity index (χ1n) is 8.28. The predicted octanol–water partition coefficient (Wildman–Crippen LogP) is 2.79. The van der Waals surface area contributed by atoms with Gasteiger partial charge in [-0.3, -0.25) is 0 Å². The first kappa shape index (κ1) is 18.9. The second-order valence-electron chi connectivity index (χ2n) is 6.40. The number of halogens is 1. The number of nitrogens with one attached hydrogen (secondary N) is 1. The number of amides is 2. The number of aliphatic hydroxyl groups excluding tert-OH is 1. The van der Waals surface area contributed by atoms with Gasteiger partial charge >= 0.3 is 6.03 Å². The summed E-state index contributed by atoms with van der Waals surface area (Å²) >= 11 is 0. The van der Waals surface area contributed by atoms with Crippen LogP contribution >= 0.6 is 0 Å². The van der Waals surface area contributed by atoms with Crippen LogP contribution in [0.3, 0.4) is 0 Å². The summed E-state index contributed by atoms with van der Waals surface area (Å²) in [7, 11) is 1.66. The zero-order valence-electron chi connectivity index (χ0n) is 15.0. The standard InChI is InChI=1S/C18H25FN4O2/c1-12-10-20-23(11-12)17-6-5-15(9-16(17)19)14(3)21-18(25)22(4)8-7-13(2)24/h5-6,9-11,13-14,24H,7-8H2,1-4H3,(H,21,25)/t13-,14+/m1/s1. The minimum atomic E-state index is -0.458. The molecule has 2 amide bonds. The fourth-order valence-electron chi connectivity index (χ4n) is 2.38. The summed E-state index contributed by atoms with van der Waals surface area (Å²) in [6, 6.07) is 4.23. The highest BCUT2D eigenvalue weighted by atomic mass is 19.1. The number of carbonyl (C=O) groups is 1. The summed E-state index contributed by atoms with van der Waals surface area (Å²) in [6.07, 6.45) is 3.46. The van der Waals surface area contributed by atoms with E-state index in [1.54, 1.807) is 45.4 Å². The minimum absolute atomic E-state index is 0.264. The van der Waals surface area contributed by atoms with E-state index >= 15 is 0 Å². The summed E-state index contributed by atoms with van der Waals surface area (Å²) in [4.78, 5) is 13.6. The summed E-state index contributed by atoms with van der Waals surface area (Å²) in [5, 5.41) is 16.2. The molecule has 0 saturated carbocycles. The molecule has 2 atom stereocenters. The number of carbonyl (C=O) groups excluding carboxylic acids is 1. The van der Waals surface area contributed by atoms with Gasteiger partial charge in [-0.1, -0.05) is 6.07 Å². The van der Waals surface area contributed by atoms with E-state index < -0.39 is 11.9 Å². The molecule has 0 spiro atoms. The second kappa shape index (κ2) is 8.11. The smallest absolute Gasteiger partial charge is 0.317 e. The van der Waals surface area contributed by atoms with Gasteiger partial charge in [0.2, 0.25) is 0 Å². The lowest BCUT2D eigenvalue weighted by Gasteiger charge is -2.22. The van der Waals surface area contributed by atoms with Gasteiger partial charge in [0.25, 0.3) is 0 Å². The van der Waals surface area contributed by atoms with Crippen molar-refractivity contribution in [2.45, 2.75) is 39.3 Å². The van der Waals surface area contributed by atoms with E-state index in [0.29, 0.717) is 24.2 Å². The third kappa shape index (κ3) is 5.03. The first-order chi connectivity index (χ1) is 11.8. The molecule has 0 unspecified atom stereocenters. The molecule has 2 N–H and O–H groups in total. The molecular formula is C18H25FN4O2. The van der Waals surface area contributed by atoms with E-state index in [1.807, 2.05) is 6.92 Å². The zero-order valence-corrected chi connectivity index (χ0v) is 15.0. The zero-order chi connectivity index (χ0) is 18.6. The Hall–Kier alpha value is -2.41. The number of aryl methyl sites for hydroxylation is 1. The van der Waals surface area contributed by atoms with Gasteiger partial charge in [0.15, 0.2) is 0 Å². The summed E-state index contributed by atoms with van der Waals surface area (Å²) in [5.74, 6) is -0.399. The molecule has 1 aromatic carbocycles. The first-order valence-corrected chi connectivity index (χ1v) is 8.28. The van der Waals surface area contributed by atoms with Gasteiger partial charge in [-0.25, -0.2) is 13.9 Å². The number of benzene rings is 1. The number of nitrogens with zero attached hydrogens (tertiary/aromatic N) is 3. The Morgan fingerprint density at radius 3 is 2.72 bits per heavy atom. The number of aliphatic hydroxyl groups is 1. The monoisotopic (exact) mass is 348 g/mol. The molecule has 0 aliphatic rings. The Balaban J connectivity index is 2.03. The normalized spacial score (nSPS) is 13.4. The lowest BCUT2D eigenvalue weighted by atomic mass is 10.1. The van der Waals surface area contributed by atoms with E-state index in [4.69, 9.17) is 0 Å². The molecule has 6 nitrogen and oxygen atoms in total. The van der Waals surface area contributed by atoms with Crippen LogP contribution in [0.15, 0.2) is 30.6 Å². The summed E-state index contributed by atoms with van der Waals surface area (Å²) in [6.45, 7) is 5.82. The molecule has 1 aromatic heterocycles. The third-order valence-corrected chi connectivity index (χ3v) is 4.00. The molecule has 7 heteroatoms. The molecular weight excluding hydrogens is 323 g/mol. The molecule has 1 heterocycles. The molecule has 136 valence electrons. The van der Waals surface area contributed by atoms with Gasteiger partial charge in [-0.2, -0.15) is 5.10 Å². The molecule has 0 aliphatic heterocycles. The van der Waals surface area contributed by atoms with Crippen LogP contribution in [0.1, 0.15) is 37.4 Å². The van der Waals surface area contributed by atoms with E-state index in [-0.39, 0.29) is 12.1 Å². The van der Waals surface area contributed by atoms with Crippen LogP contribution in [0.5, 0.6) is 0 Å². The van der Waals surface area contributed by atoms with Crippen molar-refractivity contribution in [3.05, 3.63) is 47.5 Å². The Kier molecular flexibility index (Phi) is 6.14. The van der Waals surface area contributed by atoms with Gasteiger partial charge in [0, 0.05) is 19.8 Å². The van der Waals surface area contributed by atoms with Crippen molar-refractivity contribution in [1.82, 2.24) is 20.0 Å². The quantitative estimate of drug-likeness (QED) is 0.843. The van der Waals surface area contributed by atoms with Crippen molar-refractivity contribution in [3.63, 3.8) is 0 Å². The Labute approximate surface area is 147 Å². The third-order valence-electron chi connectivity index (χ3n) is 4.00. The van der Waals surface area contributed by atoms with Gasteiger partial charge < -0.3 is 15.3 Å². The topological polar surface area (TPSA) is 70.4 Å². The Bertz CT molecular complexity index is 730. The van der Waals surface area contributed by atoms with Crippen molar-refractivity contribution in [2.75, 3.05) is 13.6 Å². The Morgan fingerprint density at radius 2 is 2.16 bits per heavy atom. The maximum absolute atomic E-state index is 14.4. The van der Waals surface area contributed by atoms with Crippen LogP contribution < -0.4 is 5.32 Å². The van der Waals surface area contributed by atoms with Gasteiger partial charge in [0.05, 0.1) is 18.3 Å². The molecule has 0 fully saturated rings. The average Bonchev–Trinajstić information content (AvgIpc) is 2.98. The number of urea groups is 1. The van der Waals surface area contributed by atoms with Crippen LogP contribution in [0.4, 0.5) is 9.18 Å². The van der Waals surface area contributed by atoms with Crippen molar-refractivity contribution in [3.8, 4) is 5.69 Å². The predicted molar refractivity (Wildman–Crippen MR) is 94.1 cm³/mol. The highest BCUT2D eigenvalue weighted by molar-refractivity contribution is 5.74. The number of hydrogen-bond acceptors (Lipinski definition) is 3. The molecule has 25 heavy (non-hydrogen) atoms. The fourth-order valence-corrected chi connectivity index (χ4v) is 2.38. The average molecular weight is 348 g/mol. The lowest BCUT2D eigenvalue weighted by molar-refractivity contribution is 0.162. The van der Waals surface area contributed by atoms with E-state index in [9.17, 15) is 14.3 Å². The molecule has 2 aromatic rings. The minimum Gasteiger partial charge on any atom is -0.393 e. The molecule has 0 aliphatic carbocycles. The van der Waals surface area contributed by atoms with Crippen molar-refractivity contribution < 1.29 is 14.3 Å². The maximum Gasteiger partial charge on any atom is 0.317 e. The van der Waals surface area contributed by atoms with E-state index in [0.717, 1.165) is 5.56 Å². The summed E-state index contributed by atoms with van der Waals surface area (Å²) < 4.78 is 15.9. The van der Waals surface area contributed by atoms with Gasteiger partial charge in [-0.05, 0) is 50.5 Å². The Morgan fingerprint density at radius 1 is 1.44 bits per heavy atom. The number of hydrogen-bond donors (Lipinski definition) is 2. The largest absolute Gasteiger partial charge is 0.393 e. The molecule has 0 saturated heterocycles. The van der Waals surface area contributed by atoms with Crippen LogP contribution in [0.25, 0.3) is 5.69 Å². The fraction of sp³-hybridized carbons (Fsp3) is 0.444. The van der Waals surface area contributed by atoms with Crippen molar-refractivity contribution in [2.24, 2.45) is 0 Å². The van der Waals surface area contributed by atoms with Gasteiger partial charge in [0.1, 0.15) is 11.5 Å². The summed E-state index contributed by atoms with van der Waals surface area (Å²) in [5.41, 5.74) is 1.98. The van der Waals surface area contributed by atoms with E-state index in [1.165, 1.54) is 15.6 Å². The number of aromatic nitrogens is 2. The SMILES string of the molecule is Cc1cnn(-c2ccc([C@H](C)NC(=O)N(C)CC[C@@H](C)O)cc2F)c1. The van der Waals surface area contributed by atoms with E-state index in [2.05, 4.69) is 10.4 Å². The van der Waals surface area contributed by atoms with Crippen LogP contribution in [-0.2, 0) is 0 Å². The highest BCUT2D eigenvalue weighted by Crippen LogP contribution is 2.20. The molecule has 0 bridgehead atoms. The van der Waals surface area contributed by atoms with Crippen molar-refractivity contribution >= 4 is 6.03 Å². The highest BCUT2D eigenvalue weighted by Gasteiger charge is 2.16. The second-order valence-corrected chi connectivity index (χ2v) is 6.40. The number of rotatable bonds is 6.